The van der Waals surface area contributed by atoms with Gasteiger partial charge in [0.1, 0.15) is 12.2 Å². The molecule has 34 heavy (non-hydrogen) atoms. The molecule has 2 spiro atoms. The Morgan fingerprint density at radius 2 is 1.15 bits per heavy atom. The Balaban J connectivity index is 2.18. The molecule has 0 saturated heterocycles. The van der Waals surface area contributed by atoms with Crippen LogP contribution in [0.5, 0.6) is 0 Å². The highest BCUT2D eigenvalue weighted by atomic mass is 79.9. The summed E-state index contributed by atoms with van der Waals surface area (Å²) < 4.78 is 23.4. The third-order valence-corrected chi connectivity index (χ3v) is 11.1. The summed E-state index contributed by atoms with van der Waals surface area (Å²) in [6.07, 6.45) is 0.442. The van der Waals surface area contributed by atoms with Crippen molar-refractivity contribution >= 4 is 87.6 Å². The number of carbonyl (C=O) groups is 4. The fourth-order valence-electron chi connectivity index (χ4n) is 4.62. The lowest BCUT2D eigenvalue weighted by atomic mass is 9.64. The molecule has 0 amide bonds. The molecule has 8 nitrogen and oxygen atoms in total. The lowest BCUT2D eigenvalue weighted by molar-refractivity contribution is -0.201. The van der Waals surface area contributed by atoms with Crippen molar-refractivity contribution in [1.82, 2.24) is 0 Å². The van der Waals surface area contributed by atoms with Crippen LogP contribution in [0.2, 0.25) is 0 Å². The second-order valence-corrected chi connectivity index (χ2v) is 11.8. The van der Waals surface area contributed by atoms with Gasteiger partial charge in [-0.1, -0.05) is 90.4 Å². The lowest BCUT2D eigenvalue weighted by Gasteiger charge is -2.59. The van der Waals surface area contributed by atoms with Crippen LogP contribution in [-0.4, -0.2) is 56.9 Å². The zero-order valence-electron chi connectivity index (χ0n) is 18.9. The van der Waals surface area contributed by atoms with Crippen molar-refractivity contribution < 1.29 is 38.1 Å². The molecule has 1 aliphatic carbocycles. The van der Waals surface area contributed by atoms with Crippen LogP contribution in [0.25, 0.3) is 0 Å². The Morgan fingerprint density at radius 3 is 1.41 bits per heavy atom. The van der Waals surface area contributed by atoms with E-state index in [1.54, 1.807) is 0 Å². The van der Waals surface area contributed by atoms with Crippen molar-refractivity contribution in [2.24, 2.45) is 0 Å². The number of fused-ring (bicyclic) bond motifs is 1. The fraction of sp³-hybridized carbons (Fsp3) is 0.636. The Bertz CT molecular complexity index is 913. The van der Waals surface area contributed by atoms with Gasteiger partial charge in [0.15, 0.2) is 0 Å². The number of alkyl halides is 2. The first kappa shape index (κ1) is 27.9. The van der Waals surface area contributed by atoms with Crippen LogP contribution in [-0.2, 0) is 38.1 Å². The molecule has 188 valence electrons. The minimum atomic E-state index is -1.47. The van der Waals surface area contributed by atoms with E-state index >= 15 is 0 Å². The predicted octanol–water partition coefficient (Wildman–Crippen LogP) is 4.88. The van der Waals surface area contributed by atoms with Crippen molar-refractivity contribution in [1.29, 1.82) is 0 Å². The summed E-state index contributed by atoms with van der Waals surface area (Å²) in [7, 11) is 0. The van der Waals surface area contributed by atoms with Gasteiger partial charge in [0.2, 0.25) is 11.2 Å². The van der Waals surface area contributed by atoms with Crippen molar-refractivity contribution in [3.8, 4) is 0 Å². The highest BCUT2D eigenvalue weighted by Gasteiger charge is 2.83. The minimum Gasteiger partial charge on any atom is -0.457 e. The maximum atomic E-state index is 13.2. The molecule has 1 saturated carbocycles. The highest BCUT2D eigenvalue weighted by molar-refractivity contribution is 9.13. The van der Waals surface area contributed by atoms with E-state index < -0.39 is 56.9 Å². The minimum absolute atomic E-state index is 0.162. The molecular formula is C22H24Br4O8. The molecule has 0 aromatic heterocycles. The molecule has 0 aromatic carbocycles. The number of halogens is 4. The molecule has 12 heteroatoms. The zero-order valence-corrected chi connectivity index (χ0v) is 25.3. The number of hydrogen-bond donors (Lipinski definition) is 0. The van der Waals surface area contributed by atoms with Crippen LogP contribution in [0.1, 0.15) is 53.4 Å². The molecule has 6 atom stereocenters. The third-order valence-electron chi connectivity index (χ3n) is 6.02. The van der Waals surface area contributed by atoms with E-state index in [0.717, 1.165) is 0 Å². The predicted molar refractivity (Wildman–Crippen MR) is 136 cm³/mol. The van der Waals surface area contributed by atoms with Crippen LogP contribution < -0.4 is 0 Å². The lowest BCUT2D eigenvalue weighted by Crippen LogP contribution is -2.78. The molecule has 2 heterocycles. The standard InChI is InChI=1S/C22H24Br4O8/c1-5-7-11(31-9(3)27)13-15(23)21(33-19(13)29)17(25)18(26)22(21)16(24)14(20(30)34-22)12(8-6-2)32-10(4)28/h11-12,17-18H,5-8H2,1-4H3/t11-,12-,17+,18+,21-,22-/m1/s1. The number of ether oxygens (including phenoxy) is 4. The molecule has 0 bridgehead atoms. The van der Waals surface area contributed by atoms with Crippen LogP contribution in [0, 0.1) is 0 Å². The molecule has 3 rings (SSSR count). The van der Waals surface area contributed by atoms with E-state index in [4.69, 9.17) is 18.9 Å². The molecule has 3 aliphatic rings. The molecule has 0 unspecified atom stereocenters. The van der Waals surface area contributed by atoms with Crippen molar-refractivity contribution in [3.05, 3.63) is 20.1 Å². The Morgan fingerprint density at radius 1 is 0.824 bits per heavy atom. The second-order valence-electron chi connectivity index (χ2n) is 8.28. The maximum absolute atomic E-state index is 13.2. The first-order valence-electron chi connectivity index (χ1n) is 10.8. The Labute approximate surface area is 231 Å². The van der Waals surface area contributed by atoms with E-state index in [0.29, 0.717) is 34.6 Å². The summed E-state index contributed by atoms with van der Waals surface area (Å²) in [6, 6.07) is 0. The normalized spacial score (nSPS) is 32.0. The van der Waals surface area contributed by atoms with Crippen LogP contribution in [0.4, 0.5) is 0 Å². The van der Waals surface area contributed by atoms with Gasteiger partial charge in [-0.3, -0.25) is 9.59 Å². The zero-order chi connectivity index (χ0) is 25.6. The van der Waals surface area contributed by atoms with Gasteiger partial charge in [0.25, 0.3) is 0 Å². The average Bonchev–Trinajstić information content (AvgIpc) is 3.18. The second kappa shape index (κ2) is 10.3. The van der Waals surface area contributed by atoms with Gasteiger partial charge in [-0.05, 0) is 12.8 Å². The van der Waals surface area contributed by atoms with Gasteiger partial charge in [0.05, 0.1) is 29.8 Å². The van der Waals surface area contributed by atoms with Gasteiger partial charge in [0, 0.05) is 13.8 Å². The topological polar surface area (TPSA) is 105 Å². The maximum Gasteiger partial charge on any atom is 0.339 e. The fourth-order valence-corrected chi connectivity index (χ4v) is 9.39. The SMILES string of the molecule is CCC[C@@H](OC(C)=O)C1=C(Br)[C@@]2(OC1=O)[C@@H](Br)[C@H](Br)[C@@]21OC(=O)C([C@@H](CCC)OC(C)=O)=C1Br. The van der Waals surface area contributed by atoms with Crippen molar-refractivity contribution in [2.75, 3.05) is 0 Å². The van der Waals surface area contributed by atoms with Crippen LogP contribution >= 0.6 is 63.7 Å². The van der Waals surface area contributed by atoms with Gasteiger partial charge >= 0.3 is 23.9 Å². The summed E-state index contributed by atoms with van der Waals surface area (Å²) in [4.78, 5) is 48.7. The smallest absolute Gasteiger partial charge is 0.339 e. The van der Waals surface area contributed by atoms with E-state index in [-0.39, 0.29) is 11.1 Å². The number of hydrogen-bond acceptors (Lipinski definition) is 8. The first-order chi connectivity index (χ1) is 15.9. The summed E-state index contributed by atoms with van der Waals surface area (Å²) in [6.45, 7) is 6.35. The first-order valence-corrected chi connectivity index (χ1v) is 14.2. The van der Waals surface area contributed by atoms with Gasteiger partial charge in [-0.2, -0.15) is 0 Å². The molecule has 0 N–H and O–H groups in total. The molecular weight excluding hydrogens is 712 g/mol. The highest BCUT2D eigenvalue weighted by Crippen LogP contribution is 2.68. The van der Waals surface area contributed by atoms with Crippen molar-refractivity contribution in [2.45, 2.75) is 86.4 Å². The summed E-state index contributed by atoms with van der Waals surface area (Å²) >= 11 is 14.3. The quantitative estimate of drug-likeness (QED) is 0.198. The molecule has 2 aliphatic heterocycles. The van der Waals surface area contributed by atoms with Gasteiger partial charge in [-0.15, -0.1) is 0 Å². The monoisotopic (exact) mass is 732 g/mol. The number of esters is 4. The van der Waals surface area contributed by atoms with Crippen LogP contribution in [0.15, 0.2) is 20.1 Å². The van der Waals surface area contributed by atoms with Crippen molar-refractivity contribution in [3.63, 3.8) is 0 Å². The molecule has 0 aromatic rings. The number of carbonyl (C=O) groups excluding carboxylic acids is 4. The molecule has 0 radical (unpaired) electrons. The van der Waals surface area contributed by atoms with Gasteiger partial charge < -0.3 is 18.9 Å². The van der Waals surface area contributed by atoms with Gasteiger partial charge in [-0.25, -0.2) is 9.59 Å². The Kier molecular flexibility index (Phi) is 8.47. The number of rotatable bonds is 8. The summed E-state index contributed by atoms with van der Waals surface area (Å²) in [5.41, 5.74) is -2.61. The summed E-state index contributed by atoms with van der Waals surface area (Å²) in [5.74, 6) is -2.41. The van der Waals surface area contributed by atoms with E-state index in [1.807, 2.05) is 13.8 Å². The average molecular weight is 736 g/mol. The van der Waals surface area contributed by atoms with E-state index in [2.05, 4.69) is 63.7 Å². The largest absolute Gasteiger partial charge is 0.457 e. The van der Waals surface area contributed by atoms with E-state index in [1.165, 1.54) is 13.8 Å². The van der Waals surface area contributed by atoms with E-state index in [9.17, 15) is 19.2 Å². The Hall–Kier alpha value is -0.720. The summed E-state index contributed by atoms with van der Waals surface area (Å²) in [5, 5.41) is 0. The molecule has 1 fully saturated rings. The van der Waals surface area contributed by atoms with Crippen LogP contribution in [0.3, 0.4) is 0 Å². The third kappa shape index (κ3) is 4.04.